The molecule has 1 aromatic heterocycles. The minimum Gasteiger partial charge on any atom is -0.481 e. The highest BCUT2D eigenvalue weighted by Gasteiger charge is 2.39. The molecule has 2 aliphatic carbocycles. The summed E-state index contributed by atoms with van der Waals surface area (Å²) in [6, 6.07) is 6.93. The van der Waals surface area contributed by atoms with Gasteiger partial charge >= 0.3 is 5.97 Å². The highest BCUT2D eigenvalue weighted by Crippen LogP contribution is 2.39. The molecule has 0 bridgehead atoms. The first-order valence-electron chi connectivity index (χ1n) is 9.53. The number of carboxylic acids is 1. The van der Waals surface area contributed by atoms with Crippen LogP contribution in [0.1, 0.15) is 67.0 Å². The smallest absolute Gasteiger partial charge is 0.311 e. The number of nitrogens with one attached hydrogen (secondary N) is 1. The molecule has 0 atom stereocenters. The van der Waals surface area contributed by atoms with Crippen LogP contribution < -0.4 is 5.32 Å². The van der Waals surface area contributed by atoms with E-state index in [1.807, 2.05) is 0 Å². The minimum absolute atomic E-state index is 0.164. The molecule has 4 rings (SSSR count). The molecule has 0 aliphatic heterocycles. The van der Waals surface area contributed by atoms with E-state index in [1.165, 1.54) is 0 Å². The van der Waals surface area contributed by atoms with Crippen LogP contribution in [0, 0.1) is 5.41 Å². The number of amides is 1. The van der Waals surface area contributed by atoms with Gasteiger partial charge in [-0.2, -0.15) is 4.98 Å². The second kappa shape index (κ2) is 7.13. The summed E-state index contributed by atoms with van der Waals surface area (Å²) in [5.41, 5.74) is 0.411. The van der Waals surface area contributed by atoms with E-state index in [4.69, 9.17) is 4.52 Å². The SMILES string of the molecule is O=C(NCC1(C(=O)O)CCCCC1)c1ccc(-c2nc(C3CC3)no2)cc1. The Balaban J connectivity index is 1.40. The maximum Gasteiger partial charge on any atom is 0.311 e. The Morgan fingerprint density at radius 3 is 2.48 bits per heavy atom. The minimum atomic E-state index is -0.836. The standard InChI is InChI=1S/C20H23N3O4/c24-17(21-12-20(19(25)26)10-2-1-3-11-20)14-6-8-15(9-7-14)18-22-16(23-27-18)13-4-5-13/h6-9,13H,1-5,10-12H2,(H,21,24)(H,25,26). The van der Waals surface area contributed by atoms with Gasteiger partial charge in [0, 0.05) is 23.6 Å². The number of hydrogen-bond acceptors (Lipinski definition) is 5. The van der Waals surface area contributed by atoms with E-state index in [-0.39, 0.29) is 12.5 Å². The fourth-order valence-electron chi connectivity index (χ4n) is 3.67. The molecule has 2 fully saturated rings. The van der Waals surface area contributed by atoms with Gasteiger partial charge in [0.15, 0.2) is 5.82 Å². The van der Waals surface area contributed by atoms with Crippen LogP contribution in [0.25, 0.3) is 11.5 Å². The Morgan fingerprint density at radius 1 is 1.15 bits per heavy atom. The number of aromatic nitrogens is 2. The second-order valence-corrected chi connectivity index (χ2v) is 7.64. The van der Waals surface area contributed by atoms with Gasteiger partial charge in [-0.15, -0.1) is 0 Å². The first-order chi connectivity index (χ1) is 13.1. The fraction of sp³-hybridized carbons (Fsp3) is 0.500. The summed E-state index contributed by atoms with van der Waals surface area (Å²) in [5.74, 6) is 0.542. The molecule has 2 aromatic rings. The molecular formula is C20H23N3O4. The van der Waals surface area contributed by atoms with E-state index < -0.39 is 11.4 Å². The number of benzene rings is 1. The number of carboxylic acid groups (broad SMARTS) is 1. The Hall–Kier alpha value is -2.70. The van der Waals surface area contributed by atoms with Crippen LogP contribution in [0.15, 0.2) is 28.8 Å². The lowest BCUT2D eigenvalue weighted by molar-refractivity contribution is -0.150. The molecule has 27 heavy (non-hydrogen) atoms. The van der Waals surface area contributed by atoms with Crippen molar-refractivity contribution in [2.45, 2.75) is 50.9 Å². The van der Waals surface area contributed by atoms with Gasteiger partial charge in [0.1, 0.15) is 0 Å². The van der Waals surface area contributed by atoms with Gasteiger partial charge in [0.05, 0.1) is 5.41 Å². The molecule has 7 nitrogen and oxygen atoms in total. The third-order valence-electron chi connectivity index (χ3n) is 5.63. The average Bonchev–Trinajstić information content (AvgIpc) is 3.43. The van der Waals surface area contributed by atoms with Crippen LogP contribution in [0.2, 0.25) is 0 Å². The molecular weight excluding hydrogens is 346 g/mol. The van der Waals surface area contributed by atoms with Crippen molar-refractivity contribution in [1.29, 1.82) is 0 Å². The molecule has 2 N–H and O–H groups in total. The van der Waals surface area contributed by atoms with Gasteiger partial charge in [-0.05, 0) is 49.9 Å². The van der Waals surface area contributed by atoms with Crippen LogP contribution in [0.4, 0.5) is 0 Å². The van der Waals surface area contributed by atoms with Crippen molar-refractivity contribution in [1.82, 2.24) is 15.5 Å². The number of aliphatic carboxylic acids is 1. The van der Waals surface area contributed by atoms with Crippen molar-refractivity contribution in [2.24, 2.45) is 5.41 Å². The Bertz CT molecular complexity index is 833. The predicted octanol–water partition coefficient (Wildman–Crippen LogP) is 3.38. The molecule has 0 spiro atoms. The summed E-state index contributed by atoms with van der Waals surface area (Å²) in [6.07, 6.45) is 6.28. The summed E-state index contributed by atoms with van der Waals surface area (Å²) in [4.78, 5) is 28.6. The number of hydrogen-bond donors (Lipinski definition) is 2. The van der Waals surface area contributed by atoms with Gasteiger partial charge in [-0.25, -0.2) is 0 Å². The van der Waals surface area contributed by atoms with Crippen LogP contribution in [-0.4, -0.2) is 33.7 Å². The summed E-state index contributed by atoms with van der Waals surface area (Å²) < 4.78 is 5.29. The Kier molecular flexibility index (Phi) is 4.68. The summed E-state index contributed by atoms with van der Waals surface area (Å²) in [6.45, 7) is 0.164. The van der Waals surface area contributed by atoms with Gasteiger partial charge in [0.25, 0.3) is 11.8 Å². The zero-order valence-electron chi connectivity index (χ0n) is 15.1. The lowest BCUT2D eigenvalue weighted by Gasteiger charge is -2.33. The Labute approximate surface area is 157 Å². The highest BCUT2D eigenvalue weighted by atomic mass is 16.5. The molecule has 1 heterocycles. The molecule has 0 saturated heterocycles. The van der Waals surface area contributed by atoms with E-state index in [2.05, 4.69) is 15.5 Å². The summed E-state index contributed by atoms with van der Waals surface area (Å²) in [7, 11) is 0. The van der Waals surface area contributed by atoms with Crippen LogP contribution in [0.3, 0.4) is 0 Å². The van der Waals surface area contributed by atoms with Crippen molar-refractivity contribution >= 4 is 11.9 Å². The van der Waals surface area contributed by atoms with E-state index in [0.717, 1.165) is 43.5 Å². The third-order valence-corrected chi connectivity index (χ3v) is 5.63. The summed E-state index contributed by atoms with van der Waals surface area (Å²) >= 11 is 0. The lowest BCUT2D eigenvalue weighted by Crippen LogP contribution is -2.44. The number of carbonyl (C=O) groups excluding carboxylic acids is 1. The number of nitrogens with zero attached hydrogens (tertiary/aromatic N) is 2. The maximum absolute atomic E-state index is 12.4. The lowest BCUT2D eigenvalue weighted by atomic mass is 9.74. The van der Waals surface area contributed by atoms with Gasteiger partial charge in [-0.1, -0.05) is 24.4 Å². The average molecular weight is 369 g/mol. The number of rotatable bonds is 6. The normalized spacial score (nSPS) is 18.8. The van der Waals surface area contributed by atoms with Crippen molar-refractivity contribution in [2.75, 3.05) is 6.54 Å². The van der Waals surface area contributed by atoms with E-state index in [9.17, 15) is 14.7 Å². The molecule has 2 saturated carbocycles. The van der Waals surface area contributed by atoms with Gasteiger partial charge < -0.3 is 14.9 Å². The molecule has 0 unspecified atom stereocenters. The monoisotopic (exact) mass is 369 g/mol. The van der Waals surface area contributed by atoms with E-state index in [1.54, 1.807) is 24.3 Å². The van der Waals surface area contributed by atoms with Crippen molar-refractivity contribution in [3.8, 4) is 11.5 Å². The highest BCUT2D eigenvalue weighted by molar-refractivity contribution is 5.95. The van der Waals surface area contributed by atoms with E-state index in [0.29, 0.717) is 30.2 Å². The molecule has 1 amide bonds. The zero-order chi connectivity index (χ0) is 18.9. The molecule has 142 valence electrons. The topological polar surface area (TPSA) is 105 Å². The third kappa shape index (κ3) is 3.72. The zero-order valence-corrected chi connectivity index (χ0v) is 15.1. The molecule has 7 heteroatoms. The number of carbonyl (C=O) groups is 2. The van der Waals surface area contributed by atoms with Crippen LogP contribution in [0.5, 0.6) is 0 Å². The molecule has 1 aromatic carbocycles. The maximum atomic E-state index is 12.4. The molecule has 0 radical (unpaired) electrons. The second-order valence-electron chi connectivity index (χ2n) is 7.64. The van der Waals surface area contributed by atoms with Crippen LogP contribution >= 0.6 is 0 Å². The van der Waals surface area contributed by atoms with E-state index >= 15 is 0 Å². The van der Waals surface area contributed by atoms with Crippen molar-refractivity contribution < 1.29 is 19.2 Å². The van der Waals surface area contributed by atoms with Crippen molar-refractivity contribution in [3.05, 3.63) is 35.7 Å². The fourth-order valence-corrected chi connectivity index (χ4v) is 3.67. The van der Waals surface area contributed by atoms with Crippen molar-refractivity contribution in [3.63, 3.8) is 0 Å². The Morgan fingerprint density at radius 2 is 1.85 bits per heavy atom. The largest absolute Gasteiger partial charge is 0.481 e. The van der Waals surface area contributed by atoms with Gasteiger partial charge in [0.2, 0.25) is 0 Å². The predicted molar refractivity (Wildman–Crippen MR) is 97.2 cm³/mol. The molecule has 2 aliphatic rings. The first kappa shape index (κ1) is 17.7. The summed E-state index contributed by atoms with van der Waals surface area (Å²) in [5, 5.41) is 16.4. The quantitative estimate of drug-likeness (QED) is 0.809. The van der Waals surface area contributed by atoms with Crippen LogP contribution in [-0.2, 0) is 4.79 Å². The first-order valence-corrected chi connectivity index (χ1v) is 9.53. The van der Waals surface area contributed by atoms with Gasteiger partial charge in [-0.3, -0.25) is 9.59 Å².